The molecule has 5 nitrogen and oxygen atoms in total. The quantitative estimate of drug-likeness (QED) is 0.732. The van der Waals surface area contributed by atoms with Crippen LogP contribution in [-0.2, 0) is 16.0 Å². The van der Waals surface area contributed by atoms with Gasteiger partial charge < -0.3 is 9.64 Å². The van der Waals surface area contributed by atoms with Crippen molar-refractivity contribution in [2.24, 2.45) is 5.41 Å². The van der Waals surface area contributed by atoms with Gasteiger partial charge in [0.2, 0.25) is 0 Å². The minimum absolute atomic E-state index is 0.0382. The van der Waals surface area contributed by atoms with E-state index in [0.29, 0.717) is 30.6 Å². The molecule has 2 aromatic rings. The summed E-state index contributed by atoms with van der Waals surface area (Å²) in [6.45, 7) is 2.15. The van der Waals surface area contributed by atoms with Crippen molar-refractivity contribution in [2.75, 3.05) is 6.61 Å². The molecule has 0 aliphatic carbocycles. The van der Waals surface area contributed by atoms with Crippen molar-refractivity contribution in [2.45, 2.75) is 44.7 Å². The van der Waals surface area contributed by atoms with Crippen molar-refractivity contribution in [1.29, 1.82) is 5.26 Å². The molecule has 0 N–H and O–H groups in total. The maximum Gasteiger partial charge on any atom is 0.314 e. The van der Waals surface area contributed by atoms with Crippen LogP contribution in [0.1, 0.15) is 47.7 Å². The van der Waals surface area contributed by atoms with Gasteiger partial charge in [0.05, 0.1) is 23.7 Å². The molecule has 0 aromatic heterocycles. The molecule has 0 unspecified atom stereocenters. The van der Waals surface area contributed by atoms with Gasteiger partial charge in [-0.05, 0) is 62.4 Å². The Morgan fingerprint density at radius 2 is 1.86 bits per heavy atom. The first-order valence-corrected chi connectivity index (χ1v) is 10.1. The fraction of sp³-hybridized carbons (Fsp3) is 0.375. The standard InChI is InChI=1S/C24H24N2O3/c1-2-29-23(28)24(14-17-6-4-3-5-7-17)15-20-12-13-21(24)26(20)22(27)19-10-8-18(16-25)9-11-19/h3-11,20-21H,2,12-15H2,1H3/t20-,21+,24+/m1/s1. The Hall–Kier alpha value is -3.13. The van der Waals surface area contributed by atoms with E-state index in [1.54, 1.807) is 24.3 Å². The highest BCUT2D eigenvalue weighted by atomic mass is 16.5. The second kappa shape index (κ2) is 7.71. The number of nitriles is 1. The molecular formula is C24H24N2O3. The van der Waals surface area contributed by atoms with E-state index in [9.17, 15) is 9.59 Å². The van der Waals surface area contributed by atoms with E-state index in [4.69, 9.17) is 10.00 Å². The van der Waals surface area contributed by atoms with Gasteiger partial charge in [0.1, 0.15) is 0 Å². The molecule has 1 amide bonds. The number of hydrogen-bond acceptors (Lipinski definition) is 4. The zero-order valence-electron chi connectivity index (χ0n) is 16.5. The number of nitrogens with zero attached hydrogens (tertiary/aromatic N) is 2. The zero-order valence-corrected chi connectivity index (χ0v) is 16.5. The van der Waals surface area contributed by atoms with E-state index in [1.165, 1.54) is 0 Å². The van der Waals surface area contributed by atoms with Crippen molar-refractivity contribution < 1.29 is 14.3 Å². The van der Waals surface area contributed by atoms with E-state index in [2.05, 4.69) is 6.07 Å². The van der Waals surface area contributed by atoms with Crippen LogP contribution in [0.4, 0.5) is 0 Å². The summed E-state index contributed by atoms with van der Waals surface area (Å²) >= 11 is 0. The van der Waals surface area contributed by atoms with Crippen LogP contribution >= 0.6 is 0 Å². The molecule has 0 radical (unpaired) electrons. The topological polar surface area (TPSA) is 70.4 Å². The first-order chi connectivity index (χ1) is 14.1. The summed E-state index contributed by atoms with van der Waals surface area (Å²) in [6.07, 6.45) is 2.92. The van der Waals surface area contributed by atoms with E-state index in [-0.39, 0.29) is 24.0 Å². The molecule has 5 heteroatoms. The third-order valence-electron chi connectivity index (χ3n) is 6.28. The molecule has 2 bridgehead atoms. The van der Waals surface area contributed by atoms with Gasteiger partial charge in [0, 0.05) is 17.6 Å². The van der Waals surface area contributed by atoms with Gasteiger partial charge in [0.15, 0.2) is 0 Å². The smallest absolute Gasteiger partial charge is 0.314 e. The lowest BCUT2D eigenvalue weighted by Gasteiger charge is -2.35. The van der Waals surface area contributed by atoms with Crippen LogP contribution in [0.15, 0.2) is 54.6 Å². The number of rotatable bonds is 5. The highest BCUT2D eigenvalue weighted by Gasteiger charge is 2.61. The second-order valence-electron chi connectivity index (χ2n) is 7.89. The number of carbonyl (C=O) groups is 2. The van der Waals surface area contributed by atoms with Gasteiger partial charge in [-0.3, -0.25) is 9.59 Å². The first-order valence-electron chi connectivity index (χ1n) is 10.1. The van der Waals surface area contributed by atoms with Gasteiger partial charge in [-0.1, -0.05) is 30.3 Å². The largest absolute Gasteiger partial charge is 0.465 e. The number of carbonyl (C=O) groups excluding carboxylic acids is 2. The molecule has 4 rings (SSSR count). The van der Waals surface area contributed by atoms with Crippen LogP contribution in [0.2, 0.25) is 0 Å². The molecule has 2 aliphatic heterocycles. The molecule has 2 fully saturated rings. The molecule has 29 heavy (non-hydrogen) atoms. The molecule has 148 valence electrons. The monoisotopic (exact) mass is 388 g/mol. The van der Waals surface area contributed by atoms with Gasteiger partial charge in [-0.2, -0.15) is 5.26 Å². The molecule has 2 aromatic carbocycles. The Kier molecular flexibility index (Phi) is 5.10. The Bertz CT molecular complexity index is 948. The van der Waals surface area contributed by atoms with Crippen molar-refractivity contribution in [3.05, 3.63) is 71.3 Å². The van der Waals surface area contributed by atoms with Gasteiger partial charge in [0.25, 0.3) is 5.91 Å². The molecule has 3 atom stereocenters. The number of benzene rings is 2. The Morgan fingerprint density at radius 3 is 2.52 bits per heavy atom. The van der Waals surface area contributed by atoms with Crippen molar-refractivity contribution >= 4 is 11.9 Å². The summed E-state index contributed by atoms with van der Waals surface area (Å²) in [5, 5.41) is 9.00. The van der Waals surface area contributed by atoms with Crippen LogP contribution in [0, 0.1) is 16.7 Å². The summed E-state index contributed by atoms with van der Waals surface area (Å²) in [6, 6.07) is 18.6. The highest BCUT2D eigenvalue weighted by Crippen LogP contribution is 2.52. The number of esters is 1. The van der Waals surface area contributed by atoms with Crippen LogP contribution in [0.25, 0.3) is 0 Å². The van der Waals surface area contributed by atoms with Crippen molar-refractivity contribution in [1.82, 2.24) is 4.90 Å². The SMILES string of the molecule is CCOC(=O)[C@@]1(Cc2ccccc2)C[C@H]2CC[C@@H]1N2C(=O)c1ccc(C#N)cc1. The van der Waals surface area contributed by atoms with E-state index < -0.39 is 5.41 Å². The third-order valence-corrected chi connectivity index (χ3v) is 6.28. The third kappa shape index (κ3) is 3.29. The normalized spacial score (nSPS) is 24.9. The predicted octanol–water partition coefficient (Wildman–Crippen LogP) is 3.73. The van der Waals surface area contributed by atoms with Gasteiger partial charge in [-0.15, -0.1) is 0 Å². The average Bonchev–Trinajstić information content (AvgIpc) is 3.30. The van der Waals surface area contributed by atoms with E-state index >= 15 is 0 Å². The Balaban J connectivity index is 1.67. The van der Waals surface area contributed by atoms with Gasteiger partial charge in [-0.25, -0.2) is 0 Å². The van der Waals surface area contributed by atoms with Gasteiger partial charge >= 0.3 is 5.97 Å². The molecular weight excluding hydrogens is 364 g/mol. The van der Waals surface area contributed by atoms with Crippen LogP contribution in [0.5, 0.6) is 0 Å². The number of fused-ring (bicyclic) bond motifs is 2. The summed E-state index contributed by atoms with van der Waals surface area (Å²) in [4.78, 5) is 28.4. The zero-order chi connectivity index (χ0) is 20.4. The number of amides is 1. The molecule has 2 aliphatic rings. The molecule has 2 saturated heterocycles. The maximum absolute atomic E-state index is 13.3. The highest BCUT2D eigenvalue weighted by molar-refractivity contribution is 5.96. The molecule has 0 spiro atoms. The number of hydrogen-bond donors (Lipinski definition) is 0. The lowest BCUT2D eigenvalue weighted by molar-refractivity contribution is -0.157. The van der Waals surface area contributed by atoms with Crippen LogP contribution in [-0.4, -0.2) is 35.5 Å². The van der Waals surface area contributed by atoms with E-state index in [1.807, 2.05) is 42.2 Å². The lowest BCUT2D eigenvalue weighted by Crippen LogP contribution is -2.47. The fourth-order valence-electron chi connectivity index (χ4n) is 5.04. The first kappa shape index (κ1) is 19.2. The lowest BCUT2D eigenvalue weighted by atomic mass is 9.70. The molecule has 0 saturated carbocycles. The molecule has 2 heterocycles. The van der Waals surface area contributed by atoms with Crippen LogP contribution < -0.4 is 0 Å². The van der Waals surface area contributed by atoms with Crippen molar-refractivity contribution in [3.8, 4) is 6.07 Å². The summed E-state index contributed by atoms with van der Waals surface area (Å²) in [5.41, 5.74) is 1.46. The summed E-state index contributed by atoms with van der Waals surface area (Å²) in [5.74, 6) is -0.269. The average molecular weight is 388 g/mol. The second-order valence-corrected chi connectivity index (χ2v) is 7.89. The fourth-order valence-corrected chi connectivity index (χ4v) is 5.04. The minimum atomic E-state index is -0.706. The van der Waals surface area contributed by atoms with Crippen LogP contribution in [0.3, 0.4) is 0 Å². The Labute approximate surface area is 170 Å². The predicted molar refractivity (Wildman–Crippen MR) is 108 cm³/mol. The number of ether oxygens (including phenoxy) is 1. The minimum Gasteiger partial charge on any atom is -0.465 e. The summed E-state index contributed by atoms with van der Waals surface area (Å²) in [7, 11) is 0. The Morgan fingerprint density at radius 1 is 1.14 bits per heavy atom. The maximum atomic E-state index is 13.3. The summed E-state index contributed by atoms with van der Waals surface area (Å²) < 4.78 is 5.51. The van der Waals surface area contributed by atoms with Crippen molar-refractivity contribution in [3.63, 3.8) is 0 Å². The van der Waals surface area contributed by atoms with E-state index in [0.717, 1.165) is 18.4 Å².